The Hall–Kier alpha value is -0.440. The summed E-state index contributed by atoms with van der Waals surface area (Å²) < 4.78 is 0. The van der Waals surface area contributed by atoms with Crippen molar-refractivity contribution in [1.29, 1.82) is 0 Å². The van der Waals surface area contributed by atoms with E-state index in [1.165, 1.54) is 19.3 Å². The predicted molar refractivity (Wildman–Crippen MR) is 55.9 cm³/mol. The monoisotopic (exact) mass is 166 g/mol. The van der Waals surface area contributed by atoms with Gasteiger partial charge in [-0.2, -0.15) is 0 Å². The summed E-state index contributed by atoms with van der Waals surface area (Å²) in [5.41, 5.74) is 0.278. The first kappa shape index (κ1) is 11.6. The second-order valence-corrected chi connectivity index (χ2v) is 4.76. The third kappa shape index (κ3) is 2.55. The van der Waals surface area contributed by atoms with Crippen LogP contribution in [-0.2, 0) is 0 Å². The van der Waals surface area contributed by atoms with E-state index in [4.69, 9.17) is 6.42 Å². The molecule has 0 fully saturated rings. The zero-order chi connectivity index (χ0) is 9.83. The topological polar surface area (TPSA) is 0 Å². The van der Waals surface area contributed by atoms with Crippen LogP contribution in [-0.4, -0.2) is 0 Å². The number of hydrogen-bond donors (Lipinski definition) is 0. The second-order valence-electron chi connectivity index (χ2n) is 4.76. The van der Waals surface area contributed by atoms with Gasteiger partial charge in [0.15, 0.2) is 0 Å². The van der Waals surface area contributed by atoms with E-state index in [-0.39, 0.29) is 10.8 Å². The van der Waals surface area contributed by atoms with Gasteiger partial charge in [-0.05, 0) is 25.7 Å². The van der Waals surface area contributed by atoms with Gasteiger partial charge in [-0.3, -0.25) is 0 Å². The molecule has 0 aromatic heterocycles. The molecule has 0 atom stereocenters. The Bertz CT molecular complexity index is 167. The van der Waals surface area contributed by atoms with E-state index in [0.717, 1.165) is 0 Å². The van der Waals surface area contributed by atoms with Crippen molar-refractivity contribution in [2.24, 2.45) is 10.8 Å². The van der Waals surface area contributed by atoms with E-state index in [0.29, 0.717) is 0 Å². The molecule has 0 spiro atoms. The van der Waals surface area contributed by atoms with Crippen LogP contribution in [0.1, 0.15) is 53.9 Å². The lowest BCUT2D eigenvalue weighted by molar-refractivity contribution is 0.157. The quantitative estimate of drug-likeness (QED) is 0.556. The van der Waals surface area contributed by atoms with E-state index >= 15 is 0 Å². The molecular weight excluding hydrogens is 144 g/mol. The van der Waals surface area contributed by atoms with Crippen molar-refractivity contribution < 1.29 is 0 Å². The molecule has 0 N–H and O–H groups in total. The minimum absolute atomic E-state index is 0.0160. The summed E-state index contributed by atoms with van der Waals surface area (Å²) in [4.78, 5) is 0. The van der Waals surface area contributed by atoms with E-state index in [1.807, 2.05) is 0 Å². The third-order valence-electron chi connectivity index (χ3n) is 3.21. The maximum absolute atomic E-state index is 5.51. The van der Waals surface area contributed by atoms with Crippen LogP contribution in [0.2, 0.25) is 0 Å². The van der Waals surface area contributed by atoms with Crippen molar-refractivity contribution >= 4 is 0 Å². The van der Waals surface area contributed by atoms with E-state index in [1.54, 1.807) is 0 Å². The summed E-state index contributed by atoms with van der Waals surface area (Å²) in [7, 11) is 0. The summed E-state index contributed by atoms with van der Waals surface area (Å²) in [6.45, 7) is 11.1. The molecule has 70 valence electrons. The van der Waals surface area contributed by atoms with E-state index in [2.05, 4.69) is 40.5 Å². The van der Waals surface area contributed by atoms with Gasteiger partial charge >= 0.3 is 0 Å². The molecule has 12 heavy (non-hydrogen) atoms. The lowest BCUT2D eigenvalue weighted by Gasteiger charge is -2.37. The van der Waals surface area contributed by atoms with Crippen molar-refractivity contribution in [2.75, 3.05) is 0 Å². The van der Waals surface area contributed by atoms with Crippen LogP contribution in [0.15, 0.2) is 0 Å². The maximum atomic E-state index is 5.51. The summed E-state index contributed by atoms with van der Waals surface area (Å²) >= 11 is 0. The molecule has 0 nitrogen and oxygen atoms in total. The third-order valence-corrected chi connectivity index (χ3v) is 3.21. The summed E-state index contributed by atoms with van der Waals surface area (Å²) in [5, 5.41) is 0. The summed E-state index contributed by atoms with van der Waals surface area (Å²) in [6.07, 6.45) is 9.27. The molecule has 0 aliphatic rings. The van der Waals surface area contributed by atoms with Gasteiger partial charge in [-0.25, -0.2) is 0 Å². The lowest BCUT2D eigenvalue weighted by Crippen LogP contribution is -2.30. The molecule has 0 aliphatic heterocycles. The Morgan fingerprint density at radius 2 is 1.67 bits per heavy atom. The highest BCUT2D eigenvalue weighted by molar-refractivity contribution is 5.07. The average molecular weight is 166 g/mol. The van der Waals surface area contributed by atoms with Gasteiger partial charge in [0.25, 0.3) is 0 Å². The fraction of sp³-hybridized carbons (Fsp3) is 0.833. The lowest BCUT2D eigenvalue weighted by atomic mass is 9.66. The highest BCUT2D eigenvalue weighted by atomic mass is 14.4. The van der Waals surface area contributed by atoms with Gasteiger partial charge in [0, 0.05) is 5.41 Å². The van der Waals surface area contributed by atoms with Crippen molar-refractivity contribution in [3.8, 4) is 12.3 Å². The predicted octanol–water partition coefficient (Wildman–Crippen LogP) is 3.86. The van der Waals surface area contributed by atoms with Gasteiger partial charge in [0.1, 0.15) is 0 Å². The van der Waals surface area contributed by atoms with Crippen LogP contribution in [0.25, 0.3) is 0 Å². The zero-order valence-electron chi connectivity index (χ0n) is 9.20. The molecule has 0 aromatic rings. The molecule has 0 rings (SSSR count). The van der Waals surface area contributed by atoms with E-state index in [9.17, 15) is 0 Å². The van der Waals surface area contributed by atoms with Gasteiger partial charge < -0.3 is 0 Å². The van der Waals surface area contributed by atoms with Gasteiger partial charge in [-0.1, -0.05) is 39.5 Å². The molecule has 0 heterocycles. The van der Waals surface area contributed by atoms with Crippen molar-refractivity contribution in [2.45, 2.75) is 53.9 Å². The minimum Gasteiger partial charge on any atom is -0.120 e. The molecule has 0 unspecified atom stereocenters. The Morgan fingerprint density at radius 3 is 2.00 bits per heavy atom. The zero-order valence-corrected chi connectivity index (χ0v) is 9.20. The first-order valence-corrected chi connectivity index (χ1v) is 4.85. The number of unbranched alkanes of at least 4 members (excludes halogenated alkanes) is 1. The molecule has 0 bridgehead atoms. The molecular formula is C12H22. The molecule has 0 amide bonds. The van der Waals surface area contributed by atoms with Gasteiger partial charge in [-0.15, -0.1) is 6.42 Å². The Labute approximate surface area is 77.8 Å². The Morgan fingerprint density at radius 1 is 1.17 bits per heavy atom. The molecule has 0 heteroatoms. The summed E-state index contributed by atoms with van der Waals surface area (Å²) in [6, 6.07) is 0. The van der Waals surface area contributed by atoms with Crippen LogP contribution >= 0.6 is 0 Å². The second kappa shape index (κ2) is 3.99. The maximum Gasteiger partial charge on any atom is 0.0306 e. The highest BCUT2D eigenvalue weighted by Gasteiger charge is 2.34. The van der Waals surface area contributed by atoms with Crippen LogP contribution in [0, 0.1) is 23.2 Å². The standard InChI is InChI=1S/C12H22/c1-7-9-10-12(5,6)11(3,4)8-2/h2H,7,9-10H2,1,3-6H3. The number of rotatable bonds is 4. The van der Waals surface area contributed by atoms with Crippen LogP contribution < -0.4 is 0 Å². The highest BCUT2D eigenvalue weighted by Crippen LogP contribution is 2.41. The first-order valence-electron chi connectivity index (χ1n) is 4.85. The summed E-state index contributed by atoms with van der Waals surface area (Å²) in [5.74, 6) is 2.89. The molecule has 0 saturated carbocycles. The average Bonchev–Trinajstić information content (AvgIpc) is 2.00. The fourth-order valence-electron chi connectivity index (χ4n) is 1.13. The van der Waals surface area contributed by atoms with Crippen molar-refractivity contribution in [3.05, 3.63) is 0 Å². The van der Waals surface area contributed by atoms with Crippen molar-refractivity contribution in [1.82, 2.24) is 0 Å². The number of hydrogen-bond acceptors (Lipinski definition) is 0. The fourth-order valence-corrected chi connectivity index (χ4v) is 1.13. The molecule has 0 radical (unpaired) electrons. The van der Waals surface area contributed by atoms with Gasteiger partial charge in [0.2, 0.25) is 0 Å². The Balaban J connectivity index is 4.30. The molecule has 0 aromatic carbocycles. The van der Waals surface area contributed by atoms with E-state index < -0.39 is 0 Å². The van der Waals surface area contributed by atoms with Crippen molar-refractivity contribution in [3.63, 3.8) is 0 Å². The molecule has 0 aliphatic carbocycles. The smallest absolute Gasteiger partial charge is 0.0306 e. The molecule has 0 saturated heterocycles. The SMILES string of the molecule is C#CC(C)(C)C(C)(C)CCCC. The van der Waals surface area contributed by atoms with Crippen LogP contribution in [0.5, 0.6) is 0 Å². The Kier molecular flexibility index (Phi) is 3.84. The largest absolute Gasteiger partial charge is 0.120 e. The normalized spacial score (nSPS) is 12.7. The number of terminal acetylenes is 1. The van der Waals surface area contributed by atoms with Gasteiger partial charge in [0.05, 0.1) is 0 Å². The van der Waals surface area contributed by atoms with Crippen LogP contribution in [0.3, 0.4) is 0 Å². The van der Waals surface area contributed by atoms with Crippen LogP contribution in [0.4, 0.5) is 0 Å². The first-order chi connectivity index (χ1) is 5.37. The minimum atomic E-state index is 0.0160.